The molecule has 4 heteroatoms. The molecule has 2 N–H and O–H groups in total. The Morgan fingerprint density at radius 1 is 1.16 bits per heavy atom. The number of hydrogen-bond donors (Lipinski definition) is 1. The Morgan fingerprint density at radius 3 is 2.74 bits per heavy atom. The van der Waals surface area contributed by atoms with E-state index in [9.17, 15) is 0 Å². The number of nitrogens with zero attached hydrogens (tertiary/aromatic N) is 2. The molecule has 1 aliphatic rings. The Labute approximate surface area is 113 Å². The molecule has 1 aromatic carbocycles. The van der Waals surface area contributed by atoms with E-state index in [1.54, 1.807) is 0 Å². The number of aryl methyl sites for hydroxylation is 2. The van der Waals surface area contributed by atoms with E-state index in [4.69, 9.17) is 10.3 Å². The SMILES string of the molecule is NC1CCCC1c1nc(CCc2ccccc2)no1. The van der Waals surface area contributed by atoms with Gasteiger partial charge in [-0.3, -0.25) is 0 Å². The highest BCUT2D eigenvalue weighted by Gasteiger charge is 2.30. The average molecular weight is 257 g/mol. The third-order valence-electron chi connectivity index (χ3n) is 3.85. The summed E-state index contributed by atoms with van der Waals surface area (Å²) in [6.45, 7) is 0. The van der Waals surface area contributed by atoms with E-state index in [0.717, 1.165) is 43.8 Å². The molecule has 0 saturated heterocycles. The minimum absolute atomic E-state index is 0.183. The molecule has 0 spiro atoms. The highest BCUT2D eigenvalue weighted by atomic mass is 16.5. The summed E-state index contributed by atoms with van der Waals surface area (Å²) in [7, 11) is 0. The summed E-state index contributed by atoms with van der Waals surface area (Å²) in [6, 6.07) is 10.5. The zero-order chi connectivity index (χ0) is 13.1. The maximum atomic E-state index is 6.06. The molecule has 2 atom stereocenters. The van der Waals surface area contributed by atoms with Crippen molar-refractivity contribution in [2.24, 2.45) is 5.73 Å². The average Bonchev–Trinajstić information content (AvgIpc) is 3.06. The van der Waals surface area contributed by atoms with Crippen LogP contribution in [0.4, 0.5) is 0 Å². The van der Waals surface area contributed by atoms with Gasteiger partial charge >= 0.3 is 0 Å². The fourth-order valence-electron chi connectivity index (χ4n) is 2.72. The first kappa shape index (κ1) is 12.4. The molecule has 4 nitrogen and oxygen atoms in total. The van der Waals surface area contributed by atoms with E-state index in [1.807, 2.05) is 6.07 Å². The second-order valence-electron chi connectivity index (χ2n) is 5.24. The Bertz CT molecular complexity index is 523. The normalized spacial score (nSPS) is 22.8. The Kier molecular flexibility index (Phi) is 3.60. The van der Waals surface area contributed by atoms with Crippen molar-refractivity contribution < 1.29 is 4.52 Å². The minimum Gasteiger partial charge on any atom is -0.339 e. The number of rotatable bonds is 4. The number of aromatic nitrogens is 2. The van der Waals surface area contributed by atoms with E-state index in [-0.39, 0.29) is 12.0 Å². The van der Waals surface area contributed by atoms with Crippen LogP contribution in [-0.4, -0.2) is 16.2 Å². The van der Waals surface area contributed by atoms with Crippen LogP contribution in [-0.2, 0) is 12.8 Å². The predicted molar refractivity (Wildman–Crippen MR) is 72.7 cm³/mol. The maximum absolute atomic E-state index is 6.06. The number of hydrogen-bond acceptors (Lipinski definition) is 4. The van der Waals surface area contributed by atoms with Gasteiger partial charge < -0.3 is 10.3 Å². The second kappa shape index (κ2) is 5.53. The van der Waals surface area contributed by atoms with Crippen molar-refractivity contribution in [3.63, 3.8) is 0 Å². The smallest absolute Gasteiger partial charge is 0.231 e. The maximum Gasteiger partial charge on any atom is 0.231 e. The molecule has 1 fully saturated rings. The van der Waals surface area contributed by atoms with Crippen molar-refractivity contribution in [3.8, 4) is 0 Å². The van der Waals surface area contributed by atoms with Crippen LogP contribution in [0.2, 0.25) is 0 Å². The quantitative estimate of drug-likeness (QED) is 0.913. The van der Waals surface area contributed by atoms with Crippen LogP contribution in [0.25, 0.3) is 0 Å². The van der Waals surface area contributed by atoms with Crippen molar-refractivity contribution in [3.05, 3.63) is 47.6 Å². The van der Waals surface area contributed by atoms with Gasteiger partial charge in [-0.1, -0.05) is 41.9 Å². The summed E-state index contributed by atoms with van der Waals surface area (Å²) < 4.78 is 5.37. The molecule has 0 bridgehead atoms. The van der Waals surface area contributed by atoms with Gasteiger partial charge in [0.05, 0.1) is 5.92 Å². The molecule has 1 saturated carbocycles. The van der Waals surface area contributed by atoms with Crippen LogP contribution in [0.15, 0.2) is 34.9 Å². The molecule has 1 heterocycles. The fraction of sp³-hybridized carbons (Fsp3) is 0.467. The van der Waals surface area contributed by atoms with Crippen LogP contribution >= 0.6 is 0 Å². The Morgan fingerprint density at radius 2 is 2.00 bits per heavy atom. The molecule has 100 valence electrons. The van der Waals surface area contributed by atoms with Crippen molar-refractivity contribution in [1.29, 1.82) is 0 Å². The van der Waals surface area contributed by atoms with Gasteiger partial charge in [0.2, 0.25) is 5.89 Å². The lowest BCUT2D eigenvalue weighted by molar-refractivity contribution is 0.341. The van der Waals surface area contributed by atoms with Crippen LogP contribution < -0.4 is 5.73 Å². The van der Waals surface area contributed by atoms with Gasteiger partial charge in [-0.25, -0.2) is 0 Å². The largest absolute Gasteiger partial charge is 0.339 e. The molecule has 2 unspecified atom stereocenters. The summed E-state index contributed by atoms with van der Waals surface area (Å²) in [5.74, 6) is 1.78. The van der Waals surface area contributed by atoms with Crippen LogP contribution in [0, 0.1) is 0 Å². The van der Waals surface area contributed by atoms with Crippen molar-refractivity contribution in [2.45, 2.75) is 44.1 Å². The van der Waals surface area contributed by atoms with Gasteiger partial charge in [0.15, 0.2) is 5.82 Å². The van der Waals surface area contributed by atoms with Gasteiger partial charge in [-0.05, 0) is 24.8 Å². The molecular weight excluding hydrogens is 238 g/mol. The second-order valence-corrected chi connectivity index (χ2v) is 5.24. The first-order valence-electron chi connectivity index (χ1n) is 6.95. The van der Waals surface area contributed by atoms with Crippen molar-refractivity contribution in [2.75, 3.05) is 0 Å². The molecule has 1 aliphatic carbocycles. The summed E-state index contributed by atoms with van der Waals surface area (Å²) in [6.07, 6.45) is 5.05. The summed E-state index contributed by atoms with van der Waals surface area (Å²) in [5, 5.41) is 4.07. The highest BCUT2D eigenvalue weighted by Crippen LogP contribution is 2.32. The standard InChI is InChI=1S/C15H19N3O/c16-13-8-4-7-12(13)15-17-14(18-19-15)10-9-11-5-2-1-3-6-11/h1-3,5-6,12-13H,4,7-10,16H2. The van der Waals surface area contributed by atoms with Gasteiger partial charge in [0, 0.05) is 12.5 Å². The van der Waals surface area contributed by atoms with Gasteiger partial charge in [0.25, 0.3) is 0 Å². The van der Waals surface area contributed by atoms with Gasteiger partial charge in [-0.2, -0.15) is 4.98 Å². The van der Waals surface area contributed by atoms with E-state index >= 15 is 0 Å². The molecular formula is C15H19N3O. The molecule has 0 aliphatic heterocycles. The third kappa shape index (κ3) is 2.84. The van der Waals surface area contributed by atoms with Crippen LogP contribution in [0.3, 0.4) is 0 Å². The first-order chi connectivity index (χ1) is 9.33. The summed E-state index contributed by atoms with van der Waals surface area (Å²) in [4.78, 5) is 4.50. The Balaban J connectivity index is 1.62. The number of benzene rings is 1. The van der Waals surface area contributed by atoms with Crippen molar-refractivity contribution in [1.82, 2.24) is 10.1 Å². The molecule has 3 rings (SSSR count). The van der Waals surface area contributed by atoms with E-state index in [2.05, 4.69) is 34.4 Å². The zero-order valence-electron chi connectivity index (χ0n) is 11.0. The van der Waals surface area contributed by atoms with Gasteiger partial charge in [-0.15, -0.1) is 0 Å². The topological polar surface area (TPSA) is 64.9 Å². The summed E-state index contributed by atoms with van der Waals surface area (Å²) >= 11 is 0. The predicted octanol–water partition coefficient (Wildman–Crippen LogP) is 2.45. The first-order valence-corrected chi connectivity index (χ1v) is 6.95. The Hall–Kier alpha value is -1.68. The highest BCUT2D eigenvalue weighted by molar-refractivity contribution is 5.15. The van der Waals surface area contributed by atoms with E-state index < -0.39 is 0 Å². The molecule has 2 aromatic rings. The zero-order valence-corrected chi connectivity index (χ0v) is 11.0. The fourth-order valence-corrected chi connectivity index (χ4v) is 2.72. The van der Waals surface area contributed by atoms with Crippen LogP contribution in [0.5, 0.6) is 0 Å². The lowest BCUT2D eigenvalue weighted by atomic mass is 10.1. The molecule has 1 aromatic heterocycles. The molecule has 0 amide bonds. The molecule has 0 radical (unpaired) electrons. The summed E-state index contributed by atoms with van der Waals surface area (Å²) in [5.41, 5.74) is 7.36. The third-order valence-corrected chi connectivity index (χ3v) is 3.85. The van der Waals surface area contributed by atoms with E-state index in [0.29, 0.717) is 0 Å². The lowest BCUT2D eigenvalue weighted by Gasteiger charge is -2.08. The number of nitrogens with two attached hydrogens (primary N) is 1. The minimum atomic E-state index is 0.183. The monoisotopic (exact) mass is 257 g/mol. The molecule has 19 heavy (non-hydrogen) atoms. The van der Waals surface area contributed by atoms with Crippen molar-refractivity contribution >= 4 is 0 Å². The lowest BCUT2D eigenvalue weighted by Crippen LogP contribution is -2.22. The van der Waals surface area contributed by atoms with Gasteiger partial charge in [0.1, 0.15) is 0 Å². The van der Waals surface area contributed by atoms with Crippen LogP contribution in [0.1, 0.15) is 42.5 Å². The van der Waals surface area contributed by atoms with E-state index in [1.165, 1.54) is 5.56 Å².